The Balaban J connectivity index is 1.30. The highest BCUT2D eigenvalue weighted by molar-refractivity contribution is 5.92. The monoisotopic (exact) mass is 406 g/mol. The molecule has 0 atom stereocenters. The van der Waals surface area contributed by atoms with Gasteiger partial charge < -0.3 is 9.88 Å². The Bertz CT molecular complexity index is 1020. The van der Waals surface area contributed by atoms with E-state index >= 15 is 0 Å². The summed E-state index contributed by atoms with van der Waals surface area (Å²) in [5, 5.41) is 7.59. The zero-order valence-corrected chi connectivity index (χ0v) is 18.2. The summed E-state index contributed by atoms with van der Waals surface area (Å²) in [5.41, 5.74) is 5.14. The predicted octanol–water partition coefficient (Wildman–Crippen LogP) is 3.38. The summed E-state index contributed by atoms with van der Waals surface area (Å²) in [6.07, 6.45) is 3.71. The minimum atomic E-state index is 0.0604. The van der Waals surface area contributed by atoms with Crippen LogP contribution in [0.1, 0.15) is 35.7 Å². The average molecular weight is 407 g/mol. The van der Waals surface area contributed by atoms with E-state index in [0.717, 1.165) is 61.1 Å². The predicted molar refractivity (Wildman–Crippen MR) is 118 cm³/mol. The molecule has 1 aliphatic rings. The molecule has 2 aromatic heterocycles. The largest absolute Gasteiger partial charge is 0.334 e. The number of aryl methyl sites for hydroxylation is 3. The summed E-state index contributed by atoms with van der Waals surface area (Å²) in [5.74, 6) is 1.21. The maximum atomic E-state index is 12.7. The van der Waals surface area contributed by atoms with Crippen LogP contribution in [-0.4, -0.2) is 43.2 Å². The smallest absolute Gasteiger partial charge is 0.227 e. The third-order valence-corrected chi connectivity index (χ3v) is 6.05. The van der Waals surface area contributed by atoms with Crippen LogP contribution in [0, 0.1) is 26.7 Å². The molecule has 3 heterocycles. The number of amides is 1. The third-order valence-electron chi connectivity index (χ3n) is 6.05. The zero-order chi connectivity index (χ0) is 21.3. The van der Waals surface area contributed by atoms with E-state index in [9.17, 15) is 4.79 Å². The maximum Gasteiger partial charge on any atom is 0.227 e. The number of hydrogen-bond acceptors (Lipinski definition) is 4. The number of nitrogens with one attached hydrogen (secondary N) is 1. The van der Waals surface area contributed by atoms with Gasteiger partial charge in [0.25, 0.3) is 0 Å². The lowest BCUT2D eigenvalue weighted by atomic mass is 9.95. The first-order valence-electron chi connectivity index (χ1n) is 10.5. The number of imidazole rings is 1. The molecule has 1 N–H and O–H groups in total. The van der Waals surface area contributed by atoms with Gasteiger partial charge in [-0.25, -0.2) is 9.67 Å². The van der Waals surface area contributed by atoms with Crippen molar-refractivity contribution in [2.24, 2.45) is 13.0 Å². The normalized spacial score (nSPS) is 15.5. The average Bonchev–Trinajstić information content (AvgIpc) is 3.24. The van der Waals surface area contributed by atoms with Gasteiger partial charge in [0.1, 0.15) is 5.82 Å². The highest BCUT2D eigenvalue weighted by Crippen LogP contribution is 2.22. The molecule has 30 heavy (non-hydrogen) atoms. The Labute approximate surface area is 177 Å². The van der Waals surface area contributed by atoms with Gasteiger partial charge in [0.2, 0.25) is 5.91 Å². The van der Waals surface area contributed by atoms with Crippen LogP contribution < -0.4 is 5.32 Å². The number of piperidine rings is 1. The van der Waals surface area contributed by atoms with Gasteiger partial charge >= 0.3 is 0 Å². The van der Waals surface area contributed by atoms with Crippen molar-refractivity contribution in [2.75, 3.05) is 18.4 Å². The van der Waals surface area contributed by atoms with Gasteiger partial charge in [-0.1, -0.05) is 0 Å². The maximum absolute atomic E-state index is 12.7. The van der Waals surface area contributed by atoms with Crippen LogP contribution >= 0.6 is 0 Å². The van der Waals surface area contributed by atoms with Gasteiger partial charge in [-0.05, 0) is 77.0 Å². The molecule has 0 spiro atoms. The van der Waals surface area contributed by atoms with Crippen LogP contribution in [0.15, 0.2) is 36.5 Å². The van der Waals surface area contributed by atoms with Crippen LogP contribution in [-0.2, 0) is 18.4 Å². The Morgan fingerprint density at radius 3 is 2.40 bits per heavy atom. The highest BCUT2D eigenvalue weighted by atomic mass is 16.1. The van der Waals surface area contributed by atoms with Crippen LogP contribution in [0.25, 0.3) is 5.69 Å². The lowest BCUT2D eigenvalue weighted by molar-refractivity contribution is -0.121. The number of likely N-dealkylation sites (tertiary alicyclic amines) is 1. The minimum Gasteiger partial charge on any atom is -0.334 e. The second kappa shape index (κ2) is 8.44. The van der Waals surface area contributed by atoms with Crippen molar-refractivity contribution >= 4 is 11.6 Å². The van der Waals surface area contributed by atoms with Crippen molar-refractivity contribution in [2.45, 2.75) is 40.2 Å². The molecular formula is C23H30N6O. The molecule has 3 aromatic rings. The topological polar surface area (TPSA) is 68.0 Å². The molecule has 1 fully saturated rings. The second-order valence-corrected chi connectivity index (χ2v) is 8.28. The number of carbonyl (C=O) groups is 1. The molecule has 7 heteroatoms. The van der Waals surface area contributed by atoms with E-state index in [1.54, 1.807) is 0 Å². The van der Waals surface area contributed by atoms with Crippen molar-refractivity contribution < 1.29 is 4.79 Å². The molecule has 0 saturated carbocycles. The Hall–Kier alpha value is -2.93. The van der Waals surface area contributed by atoms with Gasteiger partial charge in [-0.15, -0.1) is 0 Å². The van der Waals surface area contributed by atoms with E-state index in [-0.39, 0.29) is 11.8 Å². The molecule has 158 valence electrons. The number of nitrogens with zero attached hydrogens (tertiary/aromatic N) is 5. The fraction of sp³-hybridized carbons (Fsp3) is 0.435. The molecule has 0 aliphatic carbocycles. The molecule has 0 bridgehead atoms. The molecule has 1 saturated heterocycles. The second-order valence-electron chi connectivity index (χ2n) is 8.28. The van der Waals surface area contributed by atoms with Gasteiger partial charge in [0.15, 0.2) is 0 Å². The number of benzene rings is 1. The zero-order valence-electron chi connectivity index (χ0n) is 18.2. The molecule has 7 nitrogen and oxygen atoms in total. The summed E-state index contributed by atoms with van der Waals surface area (Å²) in [7, 11) is 2.05. The van der Waals surface area contributed by atoms with Gasteiger partial charge in [0, 0.05) is 37.1 Å². The van der Waals surface area contributed by atoms with Gasteiger partial charge in [-0.2, -0.15) is 5.10 Å². The first-order chi connectivity index (χ1) is 14.4. The summed E-state index contributed by atoms with van der Waals surface area (Å²) in [4.78, 5) is 19.5. The summed E-state index contributed by atoms with van der Waals surface area (Å²) >= 11 is 0. The van der Waals surface area contributed by atoms with Crippen LogP contribution in [0.5, 0.6) is 0 Å². The van der Waals surface area contributed by atoms with Gasteiger partial charge in [0.05, 0.1) is 17.1 Å². The van der Waals surface area contributed by atoms with E-state index in [1.807, 2.05) is 55.9 Å². The van der Waals surface area contributed by atoms with Crippen LogP contribution in [0.3, 0.4) is 0 Å². The minimum absolute atomic E-state index is 0.0604. The van der Waals surface area contributed by atoms with Crippen molar-refractivity contribution in [3.8, 4) is 5.69 Å². The molecule has 0 radical (unpaired) electrons. The van der Waals surface area contributed by atoms with Crippen molar-refractivity contribution in [3.05, 3.63) is 59.4 Å². The van der Waals surface area contributed by atoms with Crippen LogP contribution in [0.2, 0.25) is 0 Å². The number of anilines is 1. The molecule has 1 aromatic carbocycles. The Morgan fingerprint density at radius 2 is 1.83 bits per heavy atom. The highest BCUT2D eigenvalue weighted by Gasteiger charge is 2.25. The van der Waals surface area contributed by atoms with E-state index in [0.29, 0.717) is 0 Å². The molecular weight excluding hydrogens is 376 g/mol. The van der Waals surface area contributed by atoms with Crippen LogP contribution in [0.4, 0.5) is 5.69 Å². The summed E-state index contributed by atoms with van der Waals surface area (Å²) in [6, 6.07) is 9.94. The Kier molecular flexibility index (Phi) is 5.72. The fourth-order valence-electron chi connectivity index (χ4n) is 4.10. The molecule has 1 aliphatic heterocycles. The molecule has 1 amide bonds. The first-order valence-corrected chi connectivity index (χ1v) is 10.5. The first kappa shape index (κ1) is 20.3. The van der Waals surface area contributed by atoms with Crippen molar-refractivity contribution in [3.63, 3.8) is 0 Å². The van der Waals surface area contributed by atoms with E-state index in [1.165, 1.54) is 5.69 Å². The molecule has 0 unspecified atom stereocenters. The molecule has 4 rings (SSSR count). The summed E-state index contributed by atoms with van der Waals surface area (Å²) in [6.45, 7) is 8.79. The Morgan fingerprint density at radius 1 is 1.13 bits per heavy atom. The summed E-state index contributed by atoms with van der Waals surface area (Å²) < 4.78 is 4.05. The standard InChI is InChI=1S/C23H30N6O/c1-16-13-17(2)29(26-16)21-7-5-20(6-8-21)25-23(30)19-9-11-28(12-10-19)15-22-14-24-18(3)27(22)4/h5-8,13-14,19H,9-12,15H2,1-4H3,(H,25,30). The fourth-order valence-corrected chi connectivity index (χ4v) is 4.10. The number of aromatic nitrogens is 4. The quantitative estimate of drug-likeness (QED) is 0.705. The lowest BCUT2D eigenvalue weighted by Gasteiger charge is -2.31. The number of carbonyl (C=O) groups excluding carboxylic acids is 1. The number of hydrogen-bond donors (Lipinski definition) is 1. The number of rotatable bonds is 5. The van der Waals surface area contributed by atoms with Crippen molar-refractivity contribution in [1.82, 2.24) is 24.2 Å². The van der Waals surface area contributed by atoms with E-state index in [2.05, 4.69) is 38.0 Å². The third kappa shape index (κ3) is 4.31. The van der Waals surface area contributed by atoms with Crippen molar-refractivity contribution in [1.29, 1.82) is 0 Å². The van der Waals surface area contributed by atoms with Gasteiger partial charge in [-0.3, -0.25) is 9.69 Å². The SMILES string of the molecule is Cc1cc(C)n(-c2ccc(NC(=O)C3CCN(Cc4cnc(C)n4C)CC3)cc2)n1. The van der Waals surface area contributed by atoms with E-state index in [4.69, 9.17) is 0 Å². The lowest BCUT2D eigenvalue weighted by Crippen LogP contribution is -2.38. The van der Waals surface area contributed by atoms with E-state index < -0.39 is 0 Å².